The van der Waals surface area contributed by atoms with Crippen LogP contribution in [0.4, 0.5) is 0 Å². The summed E-state index contributed by atoms with van der Waals surface area (Å²) in [6.45, 7) is 4.17. The number of aryl methyl sites for hydroxylation is 2. The molecule has 0 aromatic heterocycles. The van der Waals surface area contributed by atoms with Crippen LogP contribution in [-0.2, 0) is 0 Å². The van der Waals surface area contributed by atoms with Crippen molar-refractivity contribution >= 4 is 0 Å². The second-order valence-corrected chi connectivity index (χ2v) is 5.26. The Morgan fingerprint density at radius 1 is 1.05 bits per heavy atom. The van der Waals surface area contributed by atoms with E-state index in [1.165, 1.54) is 16.7 Å². The van der Waals surface area contributed by atoms with Crippen molar-refractivity contribution in [3.8, 4) is 5.75 Å². The molecule has 0 bridgehead atoms. The van der Waals surface area contributed by atoms with Crippen LogP contribution in [0, 0.1) is 13.8 Å². The largest absolute Gasteiger partial charge is 0.485 e. The van der Waals surface area contributed by atoms with Crippen molar-refractivity contribution in [1.82, 2.24) is 0 Å². The third-order valence-corrected chi connectivity index (χ3v) is 3.77. The van der Waals surface area contributed by atoms with Crippen molar-refractivity contribution in [2.45, 2.75) is 32.5 Å². The Labute approximate surface area is 113 Å². The molecule has 1 aliphatic rings. The first kappa shape index (κ1) is 12.2. The maximum Gasteiger partial charge on any atom is 0.127 e. The molecular weight excluding hydrogens is 236 g/mol. The molecule has 3 rings (SSSR count). The Balaban J connectivity index is 1.99. The summed E-state index contributed by atoms with van der Waals surface area (Å²) >= 11 is 0. The molecule has 2 aromatic carbocycles. The lowest BCUT2D eigenvalue weighted by molar-refractivity contribution is 0.0654. The highest BCUT2D eigenvalue weighted by Gasteiger charge is 2.28. The smallest absolute Gasteiger partial charge is 0.127 e. The molecule has 2 atom stereocenters. The highest BCUT2D eigenvalue weighted by molar-refractivity contribution is 5.40. The Hall–Kier alpha value is -1.80. The summed E-state index contributed by atoms with van der Waals surface area (Å²) in [4.78, 5) is 0. The van der Waals surface area contributed by atoms with E-state index in [1.54, 1.807) is 0 Å². The molecule has 1 heterocycles. The van der Waals surface area contributed by atoms with Gasteiger partial charge in [0.15, 0.2) is 0 Å². The zero-order valence-corrected chi connectivity index (χ0v) is 11.3. The summed E-state index contributed by atoms with van der Waals surface area (Å²) in [5.74, 6) is 0.798. The molecule has 0 amide bonds. The Bertz CT molecular complexity index is 604. The fraction of sp³-hybridized carbons (Fsp3) is 0.294. The summed E-state index contributed by atoms with van der Waals surface area (Å²) < 4.78 is 6.06. The summed E-state index contributed by atoms with van der Waals surface area (Å²) in [5.41, 5.74) is 4.50. The van der Waals surface area contributed by atoms with Gasteiger partial charge < -0.3 is 9.84 Å². The van der Waals surface area contributed by atoms with Crippen molar-refractivity contribution in [1.29, 1.82) is 0 Å². The average Bonchev–Trinajstić information content (AvgIpc) is 2.41. The molecule has 0 spiro atoms. The van der Waals surface area contributed by atoms with Gasteiger partial charge in [0.1, 0.15) is 11.9 Å². The fourth-order valence-electron chi connectivity index (χ4n) is 2.69. The topological polar surface area (TPSA) is 29.5 Å². The first-order valence-corrected chi connectivity index (χ1v) is 6.66. The van der Waals surface area contributed by atoms with Crippen LogP contribution in [0.1, 0.15) is 40.9 Å². The van der Waals surface area contributed by atoms with E-state index in [9.17, 15) is 5.11 Å². The quantitative estimate of drug-likeness (QED) is 0.837. The molecular formula is C17H18O2. The molecule has 2 nitrogen and oxygen atoms in total. The molecule has 1 N–H and O–H groups in total. The van der Waals surface area contributed by atoms with Crippen LogP contribution in [0.3, 0.4) is 0 Å². The molecule has 0 fully saturated rings. The van der Waals surface area contributed by atoms with Gasteiger partial charge in [0, 0.05) is 12.0 Å². The Morgan fingerprint density at radius 3 is 2.68 bits per heavy atom. The van der Waals surface area contributed by atoms with Crippen LogP contribution in [-0.4, -0.2) is 5.11 Å². The summed E-state index contributed by atoms with van der Waals surface area (Å²) in [5, 5.41) is 10.3. The number of fused-ring (bicyclic) bond motifs is 1. The highest BCUT2D eigenvalue weighted by atomic mass is 16.5. The number of para-hydroxylation sites is 1. The molecule has 0 radical (unpaired) electrons. The molecule has 98 valence electrons. The van der Waals surface area contributed by atoms with Gasteiger partial charge in [-0.15, -0.1) is 0 Å². The first-order chi connectivity index (χ1) is 9.15. The first-order valence-electron chi connectivity index (χ1n) is 6.66. The van der Waals surface area contributed by atoms with Gasteiger partial charge in [0.2, 0.25) is 0 Å². The van der Waals surface area contributed by atoms with E-state index in [1.807, 2.05) is 24.3 Å². The van der Waals surface area contributed by atoms with Crippen LogP contribution in [0.15, 0.2) is 42.5 Å². The Morgan fingerprint density at radius 2 is 1.84 bits per heavy atom. The molecule has 19 heavy (non-hydrogen) atoms. The number of aliphatic hydroxyl groups is 1. The van der Waals surface area contributed by atoms with Gasteiger partial charge in [0.05, 0.1) is 6.10 Å². The average molecular weight is 254 g/mol. The fourth-order valence-corrected chi connectivity index (χ4v) is 2.69. The van der Waals surface area contributed by atoms with Crippen LogP contribution in [0.5, 0.6) is 5.75 Å². The Kier molecular flexibility index (Phi) is 3.03. The monoisotopic (exact) mass is 254 g/mol. The number of hydrogen-bond acceptors (Lipinski definition) is 2. The van der Waals surface area contributed by atoms with E-state index in [2.05, 4.69) is 32.0 Å². The van der Waals surface area contributed by atoms with Gasteiger partial charge in [-0.2, -0.15) is 0 Å². The predicted octanol–water partition coefficient (Wildman–Crippen LogP) is 3.86. The van der Waals surface area contributed by atoms with Crippen molar-refractivity contribution in [2.75, 3.05) is 0 Å². The van der Waals surface area contributed by atoms with Crippen molar-refractivity contribution in [2.24, 2.45) is 0 Å². The zero-order chi connectivity index (χ0) is 13.4. The standard InChI is InChI=1S/C17H18O2/c1-11-7-8-12(2)14(9-11)17-10-15(18)13-5-3-4-6-16(13)19-17/h3-9,15,17-18H,10H2,1-2H3. The van der Waals surface area contributed by atoms with E-state index in [0.29, 0.717) is 6.42 Å². The van der Waals surface area contributed by atoms with Gasteiger partial charge in [-0.3, -0.25) is 0 Å². The van der Waals surface area contributed by atoms with Crippen LogP contribution in [0.2, 0.25) is 0 Å². The van der Waals surface area contributed by atoms with E-state index in [4.69, 9.17) is 4.74 Å². The van der Waals surface area contributed by atoms with E-state index < -0.39 is 6.10 Å². The van der Waals surface area contributed by atoms with Crippen molar-refractivity contribution < 1.29 is 9.84 Å². The molecule has 0 aliphatic carbocycles. The van der Waals surface area contributed by atoms with Crippen molar-refractivity contribution in [3.63, 3.8) is 0 Å². The number of benzene rings is 2. The third-order valence-electron chi connectivity index (χ3n) is 3.77. The normalized spacial score (nSPS) is 21.6. The lowest BCUT2D eigenvalue weighted by Crippen LogP contribution is -2.19. The lowest BCUT2D eigenvalue weighted by Gasteiger charge is -2.30. The number of rotatable bonds is 1. The van der Waals surface area contributed by atoms with Crippen molar-refractivity contribution in [3.05, 3.63) is 64.7 Å². The maximum absolute atomic E-state index is 10.3. The summed E-state index contributed by atoms with van der Waals surface area (Å²) in [6.07, 6.45) is 0.0982. The van der Waals surface area contributed by atoms with Gasteiger partial charge >= 0.3 is 0 Å². The summed E-state index contributed by atoms with van der Waals surface area (Å²) in [7, 11) is 0. The molecule has 2 heteroatoms. The van der Waals surface area contributed by atoms with Gasteiger partial charge in [0.25, 0.3) is 0 Å². The predicted molar refractivity (Wildman–Crippen MR) is 75.3 cm³/mol. The molecule has 2 unspecified atom stereocenters. The van der Waals surface area contributed by atoms with Gasteiger partial charge in [-0.1, -0.05) is 42.0 Å². The number of ether oxygens (including phenoxy) is 1. The molecule has 0 saturated carbocycles. The zero-order valence-electron chi connectivity index (χ0n) is 11.3. The molecule has 1 aliphatic heterocycles. The second kappa shape index (κ2) is 4.71. The lowest BCUT2D eigenvalue weighted by atomic mass is 9.92. The summed E-state index contributed by atoms with van der Waals surface area (Å²) in [6, 6.07) is 14.1. The van der Waals surface area contributed by atoms with Crippen LogP contribution < -0.4 is 4.74 Å². The van der Waals surface area contributed by atoms with Gasteiger partial charge in [-0.25, -0.2) is 0 Å². The third kappa shape index (κ3) is 2.24. The minimum absolute atomic E-state index is 0.0650. The van der Waals surface area contributed by atoms with Crippen LogP contribution in [0.25, 0.3) is 0 Å². The highest BCUT2D eigenvalue weighted by Crippen LogP contribution is 2.41. The van der Waals surface area contributed by atoms with Crippen LogP contribution >= 0.6 is 0 Å². The van der Waals surface area contributed by atoms with E-state index in [-0.39, 0.29) is 6.10 Å². The molecule has 2 aromatic rings. The minimum Gasteiger partial charge on any atom is -0.485 e. The second-order valence-electron chi connectivity index (χ2n) is 5.26. The van der Waals surface area contributed by atoms with E-state index >= 15 is 0 Å². The van der Waals surface area contributed by atoms with Gasteiger partial charge in [-0.05, 0) is 31.0 Å². The minimum atomic E-state index is -0.449. The number of aliphatic hydroxyl groups excluding tert-OH is 1. The maximum atomic E-state index is 10.3. The molecule has 0 saturated heterocycles. The number of hydrogen-bond donors (Lipinski definition) is 1. The SMILES string of the molecule is Cc1ccc(C)c(C2CC(O)c3ccccc3O2)c1. The van der Waals surface area contributed by atoms with E-state index in [0.717, 1.165) is 11.3 Å².